The van der Waals surface area contributed by atoms with Crippen molar-refractivity contribution in [1.29, 1.82) is 0 Å². The molecule has 3 aromatic carbocycles. The second-order valence-electron chi connectivity index (χ2n) is 10.4. The van der Waals surface area contributed by atoms with Crippen LogP contribution in [0.15, 0.2) is 84.9 Å². The quantitative estimate of drug-likeness (QED) is 0.190. The lowest BCUT2D eigenvalue weighted by Crippen LogP contribution is -2.66. The SMILES string of the molecule is CC(=O)Nc1ccc(OCCOCCOCCOCCO[Si](c2ccccc2)(c2ccccc2)C(C)(C)C)cc1. The largest absolute Gasteiger partial charge is 0.491 e. The van der Waals surface area contributed by atoms with Crippen molar-refractivity contribution >= 4 is 30.3 Å². The van der Waals surface area contributed by atoms with E-state index in [-0.39, 0.29) is 10.9 Å². The van der Waals surface area contributed by atoms with Gasteiger partial charge >= 0.3 is 0 Å². The smallest absolute Gasteiger partial charge is 0.261 e. The van der Waals surface area contributed by atoms with Crippen LogP contribution in [0.3, 0.4) is 0 Å². The van der Waals surface area contributed by atoms with Crippen LogP contribution in [0, 0.1) is 0 Å². The van der Waals surface area contributed by atoms with Gasteiger partial charge in [0.25, 0.3) is 8.32 Å². The van der Waals surface area contributed by atoms with Gasteiger partial charge in [-0.1, -0.05) is 81.4 Å². The number of amides is 1. The summed E-state index contributed by atoms with van der Waals surface area (Å²) in [6.07, 6.45) is 0. The molecule has 8 heteroatoms. The molecule has 3 aromatic rings. The van der Waals surface area contributed by atoms with Crippen molar-refractivity contribution in [1.82, 2.24) is 0 Å². The van der Waals surface area contributed by atoms with Gasteiger partial charge in [0.05, 0.1) is 46.2 Å². The number of hydrogen-bond acceptors (Lipinski definition) is 6. The Hall–Kier alpha value is -3.01. The Balaban J connectivity index is 1.30. The molecule has 0 aliphatic heterocycles. The molecule has 0 spiro atoms. The third-order valence-electron chi connectivity index (χ3n) is 6.38. The fraction of sp³-hybridized carbons (Fsp3) is 0.406. The average molecular weight is 566 g/mol. The molecule has 0 heterocycles. The van der Waals surface area contributed by atoms with Crippen LogP contribution in [0.1, 0.15) is 27.7 Å². The topological polar surface area (TPSA) is 75.3 Å². The first kappa shape index (κ1) is 31.5. The van der Waals surface area contributed by atoms with E-state index in [9.17, 15) is 4.79 Å². The van der Waals surface area contributed by atoms with E-state index >= 15 is 0 Å². The van der Waals surface area contributed by atoms with Gasteiger partial charge in [-0.25, -0.2) is 0 Å². The highest BCUT2D eigenvalue weighted by atomic mass is 28.4. The lowest BCUT2D eigenvalue weighted by atomic mass is 10.2. The zero-order chi connectivity index (χ0) is 28.7. The van der Waals surface area contributed by atoms with Gasteiger partial charge in [-0.05, 0) is 39.7 Å². The van der Waals surface area contributed by atoms with Crippen molar-refractivity contribution in [2.75, 3.05) is 58.2 Å². The van der Waals surface area contributed by atoms with Crippen LogP contribution in [0.25, 0.3) is 0 Å². The highest BCUT2D eigenvalue weighted by Gasteiger charge is 2.49. The predicted octanol–water partition coefficient (Wildman–Crippen LogP) is 4.65. The Morgan fingerprint density at radius 1 is 0.650 bits per heavy atom. The van der Waals surface area contributed by atoms with E-state index < -0.39 is 8.32 Å². The molecule has 3 rings (SSSR count). The van der Waals surface area contributed by atoms with E-state index in [2.05, 4.69) is 86.8 Å². The summed E-state index contributed by atoms with van der Waals surface area (Å²) < 4.78 is 29.5. The fourth-order valence-electron chi connectivity index (χ4n) is 4.61. The normalized spacial score (nSPS) is 11.8. The molecule has 1 amide bonds. The number of ether oxygens (including phenoxy) is 4. The highest BCUT2D eigenvalue weighted by molar-refractivity contribution is 6.99. The highest BCUT2D eigenvalue weighted by Crippen LogP contribution is 2.36. The predicted molar refractivity (Wildman–Crippen MR) is 162 cm³/mol. The van der Waals surface area contributed by atoms with E-state index in [0.29, 0.717) is 52.9 Å². The molecule has 0 bridgehead atoms. The van der Waals surface area contributed by atoms with Crippen LogP contribution >= 0.6 is 0 Å². The number of nitrogens with one attached hydrogen (secondary N) is 1. The van der Waals surface area contributed by atoms with Crippen molar-refractivity contribution in [3.63, 3.8) is 0 Å². The molecule has 216 valence electrons. The number of benzene rings is 3. The van der Waals surface area contributed by atoms with Crippen LogP contribution in [-0.2, 0) is 23.4 Å². The first-order valence-electron chi connectivity index (χ1n) is 13.8. The zero-order valence-corrected chi connectivity index (χ0v) is 25.2. The fourth-order valence-corrected chi connectivity index (χ4v) is 9.16. The molecule has 0 radical (unpaired) electrons. The van der Waals surface area contributed by atoms with Crippen molar-refractivity contribution in [2.24, 2.45) is 0 Å². The molecule has 0 fully saturated rings. The minimum Gasteiger partial charge on any atom is -0.491 e. The Labute approximate surface area is 239 Å². The minimum atomic E-state index is -2.53. The van der Waals surface area contributed by atoms with Gasteiger partial charge in [0.2, 0.25) is 5.91 Å². The zero-order valence-electron chi connectivity index (χ0n) is 24.2. The third-order valence-corrected chi connectivity index (χ3v) is 11.4. The molecule has 7 nitrogen and oxygen atoms in total. The monoisotopic (exact) mass is 565 g/mol. The first-order chi connectivity index (χ1) is 19.3. The molecule has 0 saturated heterocycles. The molecule has 0 atom stereocenters. The minimum absolute atomic E-state index is 0.0533. The van der Waals surface area contributed by atoms with Crippen LogP contribution in [0.4, 0.5) is 5.69 Å². The number of carbonyl (C=O) groups excluding carboxylic acids is 1. The number of carbonyl (C=O) groups is 1. The van der Waals surface area contributed by atoms with Gasteiger partial charge in [0.15, 0.2) is 0 Å². The Morgan fingerprint density at radius 3 is 1.55 bits per heavy atom. The van der Waals surface area contributed by atoms with Crippen molar-refractivity contribution in [2.45, 2.75) is 32.7 Å². The molecular formula is C32H43NO6Si. The molecular weight excluding hydrogens is 522 g/mol. The van der Waals surface area contributed by atoms with E-state index in [0.717, 1.165) is 11.4 Å². The van der Waals surface area contributed by atoms with E-state index in [4.69, 9.17) is 23.4 Å². The summed E-state index contributed by atoms with van der Waals surface area (Å²) in [7, 11) is -2.53. The Bertz CT molecular complexity index is 1080. The Morgan fingerprint density at radius 2 is 1.10 bits per heavy atom. The first-order valence-corrected chi connectivity index (χ1v) is 15.7. The molecule has 0 aromatic heterocycles. The lowest BCUT2D eigenvalue weighted by Gasteiger charge is -2.43. The van der Waals surface area contributed by atoms with Crippen molar-refractivity contribution in [3.8, 4) is 5.75 Å². The lowest BCUT2D eigenvalue weighted by molar-refractivity contribution is -0.114. The molecule has 40 heavy (non-hydrogen) atoms. The summed E-state index contributed by atoms with van der Waals surface area (Å²) in [4.78, 5) is 11.1. The van der Waals surface area contributed by atoms with Crippen LogP contribution < -0.4 is 20.4 Å². The summed E-state index contributed by atoms with van der Waals surface area (Å²) >= 11 is 0. The molecule has 0 saturated carbocycles. The van der Waals surface area contributed by atoms with Crippen LogP contribution in [0.2, 0.25) is 5.04 Å². The van der Waals surface area contributed by atoms with Gasteiger partial charge in [-0.3, -0.25) is 4.79 Å². The summed E-state index contributed by atoms with van der Waals surface area (Å²) in [6.45, 7) is 12.2. The van der Waals surface area contributed by atoms with Crippen molar-refractivity contribution < 1.29 is 28.2 Å². The summed E-state index contributed by atoms with van der Waals surface area (Å²) in [5.74, 6) is 0.626. The average Bonchev–Trinajstić information content (AvgIpc) is 2.94. The van der Waals surface area contributed by atoms with E-state index in [1.807, 2.05) is 12.1 Å². The second kappa shape index (κ2) is 16.3. The van der Waals surface area contributed by atoms with Crippen LogP contribution in [0.5, 0.6) is 5.75 Å². The van der Waals surface area contributed by atoms with Gasteiger partial charge in [-0.15, -0.1) is 0 Å². The van der Waals surface area contributed by atoms with Gasteiger partial charge in [0.1, 0.15) is 12.4 Å². The Kier molecular flexibility index (Phi) is 12.8. The molecule has 0 unspecified atom stereocenters. The third kappa shape index (κ3) is 9.57. The number of anilines is 1. The van der Waals surface area contributed by atoms with Crippen LogP contribution in [-0.4, -0.2) is 67.1 Å². The second-order valence-corrected chi connectivity index (χ2v) is 14.7. The number of rotatable bonds is 17. The molecule has 0 aliphatic carbocycles. The van der Waals surface area contributed by atoms with Crippen molar-refractivity contribution in [3.05, 3.63) is 84.9 Å². The van der Waals surface area contributed by atoms with E-state index in [1.54, 1.807) is 12.1 Å². The maximum Gasteiger partial charge on any atom is 0.261 e. The summed E-state index contributed by atoms with van der Waals surface area (Å²) in [6, 6.07) is 28.5. The maximum absolute atomic E-state index is 11.1. The van der Waals surface area contributed by atoms with Gasteiger partial charge in [0, 0.05) is 12.6 Å². The van der Waals surface area contributed by atoms with E-state index in [1.165, 1.54) is 17.3 Å². The molecule has 0 aliphatic rings. The maximum atomic E-state index is 11.1. The van der Waals surface area contributed by atoms with Gasteiger partial charge < -0.3 is 28.7 Å². The standard InChI is InChI=1S/C32H43NO6Si/c1-27(34)33-28-15-17-29(18-16-28)38-25-23-36-21-19-35-20-22-37-24-26-39-40(32(2,3)4,30-11-7-5-8-12-30)31-13-9-6-10-14-31/h5-18H,19-26H2,1-4H3,(H,33,34). The summed E-state index contributed by atoms with van der Waals surface area (Å²) in [5.41, 5.74) is 0.740. The summed E-state index contributed by atoms with van der Waals surface area (Å²) in [5, 5.41) is 5.20. The number of hydrogen-bond donors (Lipinski definition) is 1. The van der Waals surface area contributed by atoms with Gasteiger partial charge in [-0.2, -0.15) is 0 Å². The molecule has 1 N–H and O–H groups in total.